The van der Waals surface area contributed by atoms with Crippen molar-refractivity contribution in [2.45, 2.75) is 45.7 Å². The van der Waals surface area contributed by atoms with Gasteiger partial charge in [-0.05, 0) is 19.8 Å². The van der Waals surface area contributed by atoms with Crippen molar-refractivity contribution < 1.29 is 4.79 Å². The van der Waals surface area contributed by atoms with E-state index in [-0.39, 0.29) is 11.8 Å². The van der Waals surface area contributed by atoms with Gasteiger partial charge in [0, 0.05) is 36.5 Å². The molecule has 4 nitrogen and oxygen atoms in total. The van der Waals surface area contributed by atoms with Crippen molar-refractivity contribution in [2.75, 3.05) is 13.1 Å². The minimum absolute atomic E-state index is 0.110. The third-order valence-electron chi connectivity index (χ3n) is 3.68. The van der Waals surface area contributed by atoms with Gasteiger partial charge in [-0.1, -0.05) is 13.8 Å². The number of aromatic nitrogens is 1. The van der Waals surface area contributed by atoms with Gasteiger partial charge in [0.15, 0.2) is 0 Å². The second-order valence-corrected chi connectivity index (χ2v) is 6.27. The van der Waals surface area contributed by atoms with Gasteiger partial charge in [0.25, 0.3) is 0 Å². The number of piperidine rings is 1. The van der Waals surface area contributed by atoms with Gasteiger partial charge >= 0.3 is 0 Å². The van der Waals surface area contributed by atoms with Crippen LogP contribution in [0, 0.1) is 5.92 Å². The number of rotatable bonds is 4. The lowest BCUT2D eigenvalue weighted by Crippen LogP contribution is -2.46. The zero-order chi connectivity index (χ0) is 13.8. The fourth-order valence-electron chi connectivity index (χ4n) is 2.51. The molecule has 1 N–H and O–H groups in total. The third-order valence-corrected chi connectivity index (χ3v) is 4.29. The second kappa shape index (κ2) is 6.48. The Balaban J connectivity index is 1.79. The van der Waals surface area contributed by atoms with Crippen LogP contribution in [-0.2, 0) is 4.79 Å². The number of hydrogen-bond donors (Lipinski definition) is 1. The standard InChI is InChI=1S/C14H23N3OS/c1-10(2)14(18)17-6-4-12(5-7-17)16-11(3)13-8-19-9-15-13/h8-12,16H,4-7H2,1-3H3. The highest BCUT2D eigenvalue weighted by atomic mass is 32.1. The highest BCUT2D eigenvalue weighted by Gasteiger charge is 2.25. The summed E-state index contributed by atoms with van der Waals surface area (Å²) in [5, 5.41) is 5.71. The van der Waals surface area contributed by atoms with Crippen LogP contribution in [0.5, 0.6) is 0 Å². The topological polar surface area (TPSA) is 45.2 Å². The SMILES string of the molecule is CC(C)C(=O)N1CCC(NC(C)c2cscn2)CC1. The summed E-state index contributed by atoms with van der Waals surface area (Å²) in [4.78, 5) is 18.2. The number of amides is 1. The highest BCUT2D eigenvalue weighted by Crippen LogP contribution is 2.18. The second-order valence-electron chi connectivity index (χ2n) is 5.56. The Morgan fingerprint density at radius 3 is 2.63 bits per heavy atom. The van der Waals surface area contributed by atoms with E-state index in [0.717, 1.165) is 31.6 Å². The van der Waals surface area contributed by atoms with Gasteiger partial charge in [0.2, 0.25) is 5.91 Å². The molecule has 1 aromatic rings. The molecule has 0 aromatic carbocycles. The summed E-state index contributed by atoms with van der Waals surface area (Å²) >= 11 is 1.63. The molecule has 0 saturated carbocycles. The normalized spacial score (nSPS) is 18.8. The van der Waals surface area contributed by atoms with E-state index in [0.29, 0.717) is 12.1 Å². The van der Waals surface area contributed by atoms with Crippen LogP contribution in [0.1, 0.15) is 45.3 Å². The van der Waals surface area contributed by atoms with Crippen molar-refractivity contribution in [1.82, 2.24) is 15.2 Å². The first-order valence-electron chi connectivity index (χ1n) is 7.01. The first-order valence-corrected chi connectivity index (χ1v) is 7.95. The molecule has 106 valence electrons. The Morgan fingerprint density at radius 1 is 1.42 bits per heavy atom. The predicted octanol–water partition coefficient (Wildman–Crippen LogP) is 2.44. The molecule has 1 aliphatic heterocycles. The first kappa shape index (κ1) is 14.5. The smallest absolute Gasteiger partial charge is 0.225 e. The molecule has 1 aromatic heterocycles. The van der Waals surface area contributed by atoms with E-state index in [2.05, 4.69) is 22.6 Å². The number of carbonyl (C=O) groups is 1. The summed E-state index contributed by atoms with van der Waals surface area (Å²) in [6, 6.07) is 0.788. The maximum Gasteiger partial charge on any atom is 0.225 e. The van der Waals surface area contributed by atoms with E-state index >= 15 is 0 Å². The lowest BCUT2D eigenvalue weighted by molar-refractivity contribution is -0.135. The Hall–Kier alpha value is -0.940. The average molecular weight is 281 g/mol. The first-order chi connectivity index (χ1) is 9.08. The number of hydrogen-bond acceptors (Lipinski definition) is 4. The van der Waals surface area contributed by atoms with Gasteiger partial charge in [0.1, 0.15) is 0 Å². The third kappa shape index (κ3) is 3.76. The van der Waals surface area contributed by atoms with Gasteiger partial charge in [0.05, 0.1) is 11.2 Å². The van der Waals surface area contributed by atoms with Crippen molar-refractivity contribution in [1.29, 1.82) is 0 Å². The molecule has 1 atom stereocenters. The van der Waals surface area contributed by atoms with Crippen molar-refractivity contribution >= 4 is 17.2 Å². The Morgan fingerprint density at radius 2 is 2.11 bits per heavy atom. The molecule has 0 radical (unpaired) electrons. The van der Waals surface area contributed by atoms with Crippen molar-refractivity contribution in [2.24, 2.45) is 5.92 Å². The number of nitrogens with zero attached hydrogens (tertiary/aromatic N) is 2. The monoisotopic (exact) mass is 281 g/mol. The number of thiazole rings is 1. The summed E-state index contributed by atoms with van der Waals surface area (Å²) in [6.07, 6.45) is 2.07. The van der Waals surface area contributed by atoms with Crippen LogP contribution in [0.25, 0.3) is 0 Å². The van der Waals surface area contributed by atoms with E-state index in [9.17, 15) is 4.79 Å². The predicted molar refractivity (Wildman–Crippen MR) is 78.1 cm³/mol. The molecule has 1 amide bonds. The minimum atomic E-state index is 0.110. The molecular weight excluding hydrogens is 258 g/mol. The van der Waals surface area contributed by atoms with Gasteiger partial charge in [-0.3, -0.25) is 4.79 Å². The minimum Gasteiger partial charge on any atom is -0.342 e. The zero-order valence-electron chi connectivity index (χ0n) is 11.9. The molecule has 1 fully saturated rings. The maximum absolute atomic E-state index is 11.9. The van der Waals surface area contributed by atoms with Crippen LogP contribution < -0.4 is 5.32 Å². The van der Waals surface area contributed by atoms with Gasteiger partial charge in [-0.25, -0.2) is 4.98 Å². The summed E-state index contributed by atoms with van der Waals surface area (Å²) in [7, 11) is 0. The van der Waals surface area contributed by atoms with Crippen LogP contribution >= 0.6 is 11.3 Å². The largest absolute Gasteiger partial charge is 0.342 e. The number of likely N-dealkylation sites (tertiary alicyclic amines) is 1. The molecule has 0 bridgehead atoms. The molecule has 0 aliphatic carbocycles. The summed E-state index contributed by atoms with van der Waals surface area (Å²) in [6.45, 7) is 7.84. The van der Waals surface area contributed by atoms with Crippen LogP contribution in [0.4, 0.5) is 0 Å². The van der Waals surface area contributed by atoms with E-state index in [1.807, 2.05) is 24.3 Å². The molecule has 0 spiro atoms. The lowest BCUT2D eigenvalue weighted by Gasteiger charge is -2.34. The quantitative estimate of drug-likeness (QED) is 0.922. The molecule has 1 aliphatic rings. The van der Waals surface area contributed by atoms with Crippen LogP contribution in [0.15, 0.2) is 10.9 Å². The Kier molecular flexibility index (Phi) is 4.93. The molecule has 2 heterocycles. The van der Waals surface area contributed by atoms with Crippen molar-refractivity contribution in [3.63, 3.8) is 0 Å². The van der Waals surface area contributed by atoms with E-state index in [1.54, 1.807) is 11.3 Å². The zero-order valence-corrected chi connectivity index (χ0v) is 12.7. The molecular formula is C14H23N3OS. The fraction of sp³-hybridized carbons (Fsp3) is 0.714. The Labute approximate surface area is 119 Å². The van der Waals surface area contributed by atoms with E-state index < -0.39 is 0 Å². The molecule has 1 saturated heterocycles. The summed E-state index contributed by atoms with van der Waals surface area (Å²) < 4.78 is 0. The Bertz CT molecular complexity index is 397. The van der Waals surface area contributed by atoms with Crippen LogP contribution in [-0.4, -0.2) is 34.9 Å². The molecule has 1 unspecified atom stereocenters. The average Bonchev–Trinajstić information content (AvgIpc) is 2.92. The summed E-state index contributed by atoms with van der Waals surface area (Å²) in [5.74, 6) is 0.393. The van der Waals surface area contributed by atoms with Crippen LogP contribution in [0.3, 0.4) is 0 Å². The molecule has 2 rings (SSSR count). The van der Waals surface area contributed by atoms with Crippen molar-refractivity contribution in [3.05, 3.63) is 16.6 Å². The van der Waals surface area contributed by atoms with Gasteiger partial charge < -0.3 is 10.2 Å². The van der Waals surface area contributed by atoms with Gasteiger partial charge in [-0.2, -0.15) is 0 Å². The van der Waals surface area contributed by atoms with E-state index in [4.69, 9.17) is 0 Å². The number of nitrogens with one attached hydrogen (secondary N) is 1. The molecule has 19 heavy (non-hydrogen) atoms. The lowest BCUT2D eigenvalue weighted by atomic mass is 10.0. The molecule has 5 heteroatoms. The van der Waals surface area contributed by atoms with Crippen molar-refractivity contribution in [3.8, 4) is 0 Å². The summed E-state index contributed by atoms with van der Waals surface area (Å²) in [5.41, 5.74) is 2.99. The van der Waals surface area contributed by atoms with Crippen LogP contribution in [0.2, 0.25) is 0 Å². The number of carbonyl (C=O) groups excluding carboxylic acids is 1. The van der Waals surface area contributed by atoms with E-state index in [1.165, 1.54) is 0 Å². The van der Waals surface area contributed by atoms with Gasteiger partial charge in [-0.15, -0.1) is 11.3 Å². The maximum atomic E-state index is 11.9. The highest BCUT2D eigenvalue weighted by molar-refractivity contribution is 7.07. The fourth-order valence-corrected chi connectivity index (χ4v) is 3.15.